The molecule has 3 atom stereocenters. The van der Waals surface area contributed by atoms with E-state index in [1.54, 1.807) is 12.1 Å². The standard InChI is InChI=1S/C18H24ClNO3S/c1-11-5-4-6-16(12(11)2)20-17(21)10-23-18(22)14-9-13(24-3)7-8-15(14)19/h7-9,11-12,16H,4-6,10H2,1-3H3,(H,20,21)/t11-,12-,16+/m0/s1. The maximum atomic E-state index is 12.2. The lowest BCUT2D eigenvalue weighted by Crippen LogP contribution is -2.45. The first-order valence-corrected chi connectivity index (χ1v) is 9.82. The molecule has 1 fully saturated rings. The highest BCUT2D eigenvalue weighted by molar-refractivity contribution is 7.98. The van der Waals surface area contributed by atoms with Crippen molar-refractivity contribution < 1.29 is 14.3 Å². The van der Waals surface area contributed by atoms with Crippen LogP contribution in [-0.2, 0) is 9.53 Å². The second-order valence-electron chi connectivity index (χ2n) is 6.36. The fourth-order valence-corrected chi connectivity index (χ4v) is 3.67. The van der Waals surface area contributed by atoms with Gasteiger partial charge in [-0.05, 0) is 42.7 Å². The molecule has 1 aromatic rings. The number of benzene rings is 1. The number of thioether (sulfide) groups is 1. The van der Waals surface area contributed by atoms with Gasteiger partial charge in [0, 0.05) is 10.9 Å². The number of carbonyl (C=O) groups is 2. The van der Waals surface area contributed by atoms with Crippen molar-refractivity contribution in [3.05, 3.63) is 28.8 Å². The minimum absolute atomic E-state index is 0.156. The van der Waals surface area contributed by atoms with E-state index in [0.29, 0.717) is 16.9 Å². The molecule has 0 radical (unpaired) electrons. The van der Waals surface area contributed by atoms with Crippen molar-refractivity contribution in [2.75, 3.05) is 12.9 Å². The molecule has 1 aliphatic rings. The zero-order valence-electron chi connectivity index (χ0n) is 14.3. The van der Waals surface area contributed by atoms with E-state index in [-0.39, 0.29) is 24.1 Å². The summed E-state index contributed by atoms with van der Waals surface area (Å²) < 4.78 is 5.13. The summed E-state index contributed by atoms with van der Waals surface area (Å²) >= 11 is 7.55. The molecule has 1 aliphatic carbocycles. The van der Waals surface area contributed by atoms with Crippen LogP contribution in [0.5, 0.6) is 0 Å². The van der Waals surface area contributed by atoms with Gasteiger partial charge in [0.05, 0.1) is 10.6 Å². The molecule has 1 saturated carbocycles. The molecule has 0 spiro atoms. The zero-order valence-corrected chi connectivity index (χ0v) is 15.9. The van der Waals surface area contributed by atoms with Gasteiger partial charge in [0.2, 0.25) is 0 Å². The third-order valence-corrected chi connectivity index (χ3v) is 5.84. The van der Waals surface area contributed by atoms with Gasteiger partial charge in [-0.1, -0.05) is 38.3 Å². The molecule has 1 N–H and O–H groups in total. The first-order valence-electron chi connectivity index (χ1n) is 8.22. The molecule has 4 nitrogen and oxygen atoms in total. The summed E-state index contributed by atoms with van der Waals surface area (Å²) in [4.78, 5) is 25.2. The van der Waals surface area contributed by atoms with Gasteiger partial charge in [-0.15, -0.1) is 11.8 Å². The van der Waals surface area contributed by atoms with Crippen LogP contribution in [0.4, 0.5) is 0 Å². The Bertz CT molecular complexity index is 608. The average Bonchev–Trinajstić information content (AvgIpc) is 2.57. The van der Waals surface area contributed by atoms with Gasteiger partial charge in [-0.25, -0.2) is 4.79 Å². The lowest BCUT2D eigenvalue weighted by atomic mass is 9.78. The molecular weight excluding hydrogens is 346 g/mol. The van der Waals surface area contributed by atoms with Crippen LogP contribution < -0.4 is 5.32 Å². The Hall–Kier alpha value is -1.20. The molecule has 6 heteroatoms. The summed E-state index contributed by atoms with van der Waals surface area (Å²) in [6.07, 6.45) is 5.21. The van der Waals surface area contributed by atoms with Crippen molar-refractivity contribution in [2.45, 2.75) is 44.0 Å². The van der Waals surface area contributed by atoms with Gasteiger partial charge < -0.3 is 10.1 Å². The Labute approximate surface area is 152 Å². The van der Waals surface area contributed by atoms with E-state index in [0.717, 1.165) is 17.7 Å². The van der Waals surface area contributed by atoms with Crippen LogP contribution in [0.3, 0.4) is 0 Å². The van der Waals surface area contributed by atoms with Gasteiger partial charge in [-0.3, -0.25) is 4.79 Å². The topological polar surface area (TPSA) is 55.4 Å². The normalized spacial score (nSPS) is 23.6. The molecule has 0 bridgehead atoms. The molecule has 24 heavy (non-hydrogen) atoms. The minimum Gasteiger partial charge on any atom is -0.452 e. The van der Waals surface area contributed by atoms with Crippen LogP contribution >= 0.6 is 23.4 Å². The van der Waals surface area contributed by atoms with Gasteiger partial charge in [0.25, 0.3) is 5.91 Å². The molecule has 0 saturated heterocycles. The van der Waals surface area contributed by atoms with Crippen molar-refractivity contribution in [2.24, 2.45) is 11.8 Å². The predicted octanol–water partition coefficient (Wildman–Crippen LogP) is 4.16. The van der Waals surface area contributed by atoms with Crippen molar-refractivity contribution in [1.29, 1.82) is 0 Å². The third kappa shape index (κ3) is 4.90. The first kappa shape index (κ1) is 19.1. The van der Waals surface area contributed by atoms with Crippen molar-refractivity contribution in [3.63, 3.8) is 0 Å². The lowest BCUT2D eigenvalue weighted by molar-refractivity contribution is -0.125. The quantitative estimate of drug-likeness (QED) is 0.625. The second-order valence-corrected chi connectivity index (χ2v) is 7.65. The predicted molar refractivity (Wildman–Crippen MR) is 97.6 cm³/mol. The van der Waals surface area contributed by atoms with E-state index in [9.17, 15) is 9.59 Å². The number of nitrogens with one attached hydrogen (secondary N) is 1. The van der Waals surface area contributed by atoms with Crippen LogP contribution in [0.1, 0.15) is 43.5 Å². The van der Waals surface area contributed by atoms with Crippen molar-refractivity contribution in [1.82, 2.24) is 5.32 Å². The van der Waals surface area contributed by atoms with E-state index < -0.39 is 5.97 Å². The molecular formula is C18H24ClNO3S. The van der Waals surface area contributed by atoms with Crippen LogP contribution in [0.2, 0.25) is 5.02 Å². The largest absolute Gasteiger partial charge is 0.452 e. The maximum Gasteiger partial charge on any atom is 0.340 e. The number of hydrogen-bond acceptors (Lipinski definition) is 4. The molecule has 0 aliphatic heterocycles. The fourth-order valence-electron chi connectivity index (χ4n) is 3.03. The van der Waals surface area contributed by atoms with Crippen molar-refractivity contribution in [3.8, 4) is 0 Å². The van der Waals surface area contributed by atoms with E-state index >= 15 is 0 Å². The molecule has 132 valence electrons. The highest BCUT2D eigenvalue weighted by atomic mass is 35.5. The van der Waals surface area contributed by atoms with Crippen molar-refractivity contribution >= 4 is 35.2 Å². The van der Waals surface area contributed by atoms with Crippen LogP contribution in [-0.4, -0.2) is 30.8 Å². The molecule has 0 heterocycles. The van der Waals surface area contributed by atoms with Gasteiger partial charge in [-0.2, -0.15) is 0 Å². The summed E-state index contributed by atoms with van der Waals surface area (Å²) in [5.74, 6) is 0.202. The smallest absolute Gasteiger partial charge is 0.340 e. The summed E-state index contributed by atoms with van der Waals surface area (Å²) in [6.45, 7) is 4.09. The first-order chi connectivity index (χ1) is 11.4. The highest BCUT2D eigenvalue weighted by Gasteiger charge is 2.28. The summed E-state index contributed by atoms with van der Waals surface area (Å²) in [5.41, 5.74) is 0.288. The summed E-state index contributed by atoms with van der Waals surface area (Å²) in [7, 11) is 0. The van der Waals surface area contributed by atoms with Gasteiger partial charge in [0.15, 0.2) is 6.61 Å². The SMILES string of the molecule is CSc1ccc(Cl)c(C(=O)OCC(=O)N[C@@H]2CCC[C@H](C)[C@@H]2C)c1. The second kappa shape index (κ2) is 8.77. The van der Waals surface area contributed by atoms with Crippen LogP contribution in [0.25, 0.3) is 0 Å². The van der Waals surface area contributed by atoms with E-state index in [1.807, 2.05) is 12.3 Å². The van der Waals surface area contributed by atoms with Crippen LogP contribution in [0.15, 0.2) is 23.1 Å². The highest BCUT2D eigenvalue weighted by Crippen LogP contribution is 2.29. The molecule has 0 aromatic heterocycles. The zero-order chi connectivity index (χ0) is 17.7. The monoisotopic (exact) mass is 369 g/mol. The van der Waals surface area contributed by atoms with E-state index in [1.165, 1.54) is 18.2 Å². The summed E-state index contributed by atoms with van der Waals surface area (Å²) in [6, 6.07) is 5.33. The molecule has 2 rings (SSSR count). The van der Waals surface area contributed by atoms with Gasteiger partial charge >= 0.3 is 5.97 Å². The van der Waals surface area contributed by atoms with Gasteiger partial charge in [0.1, 0.15) is 0 Å². The average molecular weight is 370 g/mol. The number of carbonyl (C=O) groups excluding carboxylic acids is 2. The number of hydrogen-bond donors (Lipinski definition) is 1. The van der Waals surface area contributed by atoms with E-state index in [2.05, 4.69) is 19.2 Å². The number of rotatable bonds is 5. The Kier molecular flexibility index (Phi) is 6.99. The number of amides is 1. The lowest BCUT2D eigenvalue weighted by Gasteiger charge is -2.34. The number of ether oxygens (including phenoxy) is 1. The third-order valence-electron chi connectivity index (χ3n) is 4.78. The van der Waals surface area contributed by atoms with E-state index in [4.69, 9.17) is 16.3 Å². The maximum absolute atomic E-state index is 12.2. The molecule has 1 aromatic carbocycles. The Morgan fingerprint density at radius 1 is 1.33 bits per heavy atom. The fraction of sp³-hybridized carbons (Fsp3) is 0.556. The number of esters is 1. The Morgan fingerprint density at radius 2 is 2.08 bits per heavy atom. The summed E-state index contributed by atoms with van der Waals surface area (Å²) in [5, 5.41) is 3.32. The molecule has 0 unspecified atom stereocenters. The Balaban J connectivity index is 1.88. The Morgan fingerprint density at radius 3 is 2.79 bits per heavy atom. The molecule has 1 amide bonds. The number of halogens is 1. The minimum atomic E-state index is -0.573. The van der Waals surface area contributed by atoms with Crippen LogP contribution in [0, 0.1) is 11.8 Å².